The SMILES string of the molecule is CNCCN(c1nc(-c2ccc(C(C)C)cc2)cs1)C1CCCCC1.CS(=O)(=O)NC=O. The predicted octanol–water partition coefficient (Wildman–Crippen LogP) is 3.98. The molecule has 1 aromatic carbocycles. The molecule has 1 amide bonds. The first kappa shape index (κ1) is 26.3. The fraction of sp³-hybridized carbons (Fsp3) is 0.565. The lowest BCUT2D eigenvalue weighted by Gasteiger charge is -2.34. The Kier molecular flexibility index (Phi) is 10.6. The Hall–Kier alpha value is -1.97. The lowest BCUT2D eigenvalue weighted by Crippen LogP contribution is -2.40. The van der Waals surface area contributed by atoms with Crippen molar-refractivity contribution in [2.24, 2.45) is 0 Å². The van der Waals surface area contributed by atoms with Gasteiger partial charge in [0.05, 0.1) is 11.9 Å². The summed E-state index contributed by atoms with van der Waals surface area (Å²) in [4.78, 5) is 16.9. The average molecular weight is 481 g/mol. The van der Waals surface area contributed by atoms with Gasteiger partial charge in [-0.25, -0.2) is 13.4 Å². The minimum atomic E-state index is -3.29. The van der Waals surface area contributed by atoms with Crippen molar-refractivity contribution in [3.05, 3.63) is 35.2 Å². The van der Waals surface area contributed by atoms with Crippen LogP contribution in [0.1, 0.15) is 57.4 Å². The number of aromatic nitrogens is 1. The number of thiazole rings is 1. The van der Waals surface area contributed by atoms with Gasteiger partial charge in [-0.3, -0.25) is 9.52 Å². The fourth-order valence-corrected chi connectivity index (χ4v) is 4.82. The van der Waals surface area contributed by atoms with Crippen LogP contribution in [0.15, 0.2) is 29.6 Å². The lowest BCUT2D eigenvalue weighted by molar-refractivity contribution is -0.108. The second kappa shape index (κ2) is 12.9. The summed E-state index contributed by atoms with van der Waals surface area (Å²) in [6, 6.07) is 9.56. The van der Waals surface area contributed by atoms with Gasteiger partial charge in [0.15, 0.2) is 5.13 Å². The third kappa shape index (κ3) is 8.52. The Morgan fingerprint density at radius 1 is 1.19 bits per heavy atom. The third-order valence-corrected chi connectivity index (χ3v) is 6.89. The van der Waals surface area contributed by atoms with Crippen LogP contribution >= 0.6 is 11.3 Å². The normalized spacial score (nSPS) is 14.5. The van der Waals surface area contributed by atoms with E-state index in [1.54, 1.807) is 16.1 Å². The molecule has 9 heteroatoms. The van der Waals surface area contributed by atoms with Crippen LogP contribution in [-0.2, 0) is 14.8 Å². The van der Waals surface area contributed by atoms with Gasteiger partial charge in [-0.15, -0.1) is 11.3 Å². The quantitative estimate of drug-likeness (QED) is 0.528. The Balaban J connectivity index is 0.000000451. The highest BCUT2D eigenvalue weighted by Crippen LogP contribution is 2.32. The summed E-state index contributed by atoms with van der Waals surface area (Å²) in [7, 11) is -1.26. The smallest absolute Gasteiger partial charge is 0.231 e. The number of nitrogens with one attached hydrogen (secondary N) is 2. The maximum absolute atomic E-state index is 9.89. The first-order valence-electron chi connectivity index (χ1n) is 11.1. The molecule has 2 aromatic rings. The number of sulfonamides is 1. The molecule has 1 aliphatic rings. The molecule has 32 heavy (non-hydrogen) atoms. The molecule has 0 spiro atoms. The van der Waals surface area contributed by atoms with Gasteiger partial charge in [-0.05, 0) is 31.4 Å². The molecule has 1 fully saturated rings. The molecule has 0 aliphatic heterocycles. The summed E-state index contributed by atoms with van der Waals surface area (Å²) in [5, 5.41) is 6.70. The van der Waals surface area contributed by atoms with Crippen molar-refractivity contribution in [1.82, 2.24) is 15.0 Å². The summed E-state index contributed by atoms with van der Waals surface area (Å²) in [6.07, 6.45) is 7.74. The molecule has 178 valence electrons. The highest BCUT2D eigenvalue weighted by Gasteiger charge is 2.23. The molecule has 1 aliphatic carbocycles. The average Bonchev–Trinajstić information content (AvgIpc) is 3.24. The van der Waals surface area contributed by atoms with E-state index in [0.717, 1.165) is 25.0 Å². The van der Waals surface area contributed by atoms with Gasteiger partial charge in [-0.2, -0.15) is 0 Å². The second-order valence-electron chi connectivity index (χ2n) is 8.39. The van der Waals surface area contributed by atoms with Crippen LogP contribution in [0.25, 0.3) is 11.3 Å². The highest BCUT2D eigenvalue weighted by molar-refractivity contribution is 7.89. The number of rotatable bonds is 9. The number of carbonyl (C=O) groups is 1. The molecule has 0 radical (unpaired) electrons. The summed E-state index contributed by atoms with van der Waals surface area (Å²) in [5.41, 5.74) is 3.72. The van der Waals surface area contributed by atoms with Crippen molar-refractivity contribution >= 4 is 32.9 Å². The number of amides is 1. The Morgan fingerprint density at radius 2 is 1.84 bits per heavy atom. The molecular weight excluding hydrogens is 444 g/mol. The Bertz CT molecular complexity index is 921. The second-order valence-corrected chi connectivity index (χ2v) is 11.0. The van der Waals surface area contributed by atoms with Crippen molar-refractivity contribution in [1.29, 1.82) is 0 Å². The number of benzene rings is 1. The van der Waals surface area contributed by atoms with Crippen LogP contribution in [0.4, 0.5) is 5.13 Å². The molecule has 3 rings (SSSR count). The zero-order chi connectivity index (χ0) is 23.6. The molecule has 0 saturated heterocycles. The topological polar surface area (TPSA) is 91.4 Å². The van der Waals surface area contributed by atoms with Gasteiger partial charge in [0.2, 0.25) is 16.4 Å². The molecule has 1 saturated carbocycles. The first-order chi connectivity index (χ1) is 15.2. The lowest BCUT2D eigenvalue weighted by atomic mass is 9.94. The van der Waals surface area contributed by atoms with E-state index in [1.165, 1.54) is 48.4 Å². The van der Waals surface area contributed by atoms with Crippen LogP contribution in [0.2, 0.25) is 0 Å². The van der Waals surface area contributed by atoms with E-state index in [9.17, 15) is 13.2 Å². The fourth-order valence-electron chi connectivity index (χ4n) is 3.71. The predicted molar refractivity (Wildman–Crippen MR) is 134 cm³/mol. The number of hydrogen-bond donors (Lipinski definition) is 2. The van der Waals surface area contributed by atoms with Gasteiger partial charge in [0.1, 0.15) is 0 Å². The Labute approximate surface area is 196 Å². The number of carbonyl (C=O) groups excluding carboxylic acids is 1. The van der Waals surface area contributed by atoms with E-state index < -0.39 is 10.0 Å². The molecule has 0 unspecified atom stereocenters. The number of anilines is 1. The zero-order valence-electron chi connectivity index (χ0n) is 19.5. The van der Waals surface area contributed by atoms with Crippen LogP contribution in [0, 0.1) is 0 Å². The maximum atomic E-state index is 9.89. The maximum Gasteiger partial charge on any atom is 0.231 e. The minimum Gasteiger partial charge on any atom is -0.344 e. The van der Waals surface area contributed by atoms with E-state index in [1.807, 2.05) is 7.05 Å². The van der Waals surface area contributed by atoms with Crippen molar-refractivity contribution in [3.8, 4) is 11.3 Å². The monoisotopic (exact) mass is 480 g/mol. The Morgan fingerprint density at radius 3 is 2.34 bits per heavy atom. The number of likely N-dealkylation sites (N-methyl/N-ethyl adjacent to an activating group) is 1. The number of nitrogens with zero attached hydrogens (tertiary/aromatic N) is 2. The molecule has 0 bridgehead atoms. The standard InChI is InChI=1S/C21H31N3S.C2H5NO3S/c1-16(2)17-9-11-18(12-10-17)20-15-25-21(23-20)24(14-13-22-3)19-7-5-4-6-8-19;1-7(5,6)3-2-4/h9-12,15-16,19,22H,4-8,13-14H2,1-3H3;2H,1H3,(H,3,4). The van der Waals surface area contributed by atoms with E-state index in [-0.39, 0.29) is 6.41 Å². The van der Waals surface area contributed by atoms with Gasteiger partial charge >= 0.3 is 0 Å². The summed E-state index contributed by atoms with van der Waals surface area (Å²) in [5.74, 6) is 0.573. The van der Waals surface area contributed by atoms with E-state index in [4.69, 9.17) is 4.98 Å². The van der Waals surface area contributed by atoms with Crippen LogP contribution in [-0.4, -0.2) is 52.2 Å². The van der Waals surface area contributed by atoms with Crippen LogP contribution in [0.3, 0.4) is 0 Å². The number of hydrogen-bond acceptors (Lipinski definition) is 7. The van der Waals surface area contributed by atoms with Crippen molar-refractivity contribution < 1.29 is 13.2 Å². The highest BCUT2D eigenvalue weighted by atomic mass is 32.2. The molecule has 1 aromatic heterocycles. The molecule has 0 atom stereocenters. The van der Waals surface area contributed by atoms with Crippen molar-refractivity contribution in [3.63, 3.8) is 0 Å². The van der Waals surface area contributed by atoms with Crippen molar-refractivity contribution in [2.75, 3.05) is 31.3 Å². The molecule has 1 heterocycles. The minimum absolute atomic E-state index is 0.120. The third-order valence-electron chi connectivity index (χ3n) is 5.49. The molecule has 7 nitrogen and oxygen atoms in total. The van der Waals surface area contributed by atoms with Crippen molar-refractivity contribution in [2.45, 2.75) is 57.9 Å². The first-order valence-corrected chi connectivity index (χ1v) is 13.9. The van der Waals surface area contributed by atoms with Gasteiger partial charge in [0.25, 0.3) is 0 Å². The van der Waals surface area contributed by atoms with E-state index in [2.05, 4.69) is 53.7 Å². The van der Waals surface area contributed by atoms with Gasteiger partial charge in [-0.1, -0.05) is 57.4 Å². The van der Waals surface area contributed by atoms with E-state index >= 15 is 0 Å². The summed E-state index contributed by atoms with van der Waals surface area (Å²) >= 11 is 1.79. The van der Waals surface area contributed by atoms with Gasteiger partial charge in [0, 0.05) is 30.1 Å². The van der Waals surface area contributed by atoms with Crippen LogP contribution < -0.4 is 14.9 Å². The molecular formula is C23H36N4O3S2. The zero-order valence-corrected chi connectivity index (χ0v) is 21.1. The van der Waals surface area contributed by atoms with Crippen LogP contribution in [0.5, 0.6) is 0 Å². The molecule has 2 N–H and O–H groups in total. The van der Waals surface area contributed by atoms with Gasteiger partial charge < -0.3 is 10.2 Å². The summed E-state index contributed by atoms with van der Waals surface area (Å²) in [6.45, 7) is 6.52. The largest absolute Gasteiger partial charge is 0.344 e. The summed E-state index contributed by atoms with van der Waals surface area (Å²) < 4.78 is 21.4. The van der Waals surface area contributed by atoms with E-state index in [0.29, 0.717) is 12.0 Å².